The largest absolute Gasteiger partial charge is 0.380 e. The molecular weight excluding hydrogens is 208 g/mol. The van der Waals surface area contributed by atoms with Crippen LogP contribution in [0.2, 0.25) is 0 Å². The first-order valence-corrected chi connectivity index (χ1v) is 6.11. The van der Waals surface area contributed by atoms with E-state index in [0.717, 1.165) is 26.3 Å². The lowest BCUT2D eigenvalue weighted by Crippen LogP contribution is -2.22. The lowest BCUT2D eigenvalue weighted by atomic mass is 10.4. The summed E-state index contributed by atoms with van der Waals surface area (Å²) < 4.78 is 5.31. The van der Waals surface area contributed by atoms with Crippen molar-refractivity contribution in [1.29, 1.82) is 0 Å². The molecule has 0 aromatic carbocycles. The summed E-state index contributed by atoms with van der Waals surface area (Å²) in [5.41, 5.74) is 5.57. The smallest absolute Gasteiger partial charge is 0.0593 e. The minimum absolute atomic E-state index is 0.646. The summed E-state index contributed by atoms with van der Waals surface area (Å²) in [7, 11) is 2.11. The number of rotatable bonds is 7. The highest BCUT2D eigenvalue weighted by Crippen LogP contribution is 2.16. The Hall–Kier alpha value is -0.420. The summed E-state index contributed by atoms with van der Waals surface area (Å²) >= 11 is 1.79. The van der Waals surface area contributed by atoms with Gasteiger partial charge in [0.2, 0.25) is 0 Å². The molecule has 86 valence electrons. The van der Waals surface area contributed by atoms with Crippen LogP contribution in [0.3, 0.4) is 0 Å². The predicted molar refractivity (Wildman–Crippen MR) is 65.0 cm³/mol. The fourth-order valence-corrected chi connectivity index (χ4v) is 2.30. The van der Waals surface area contributed by atoms with Crippen LogP contribution in [0.25, 0.3) is 0 Å². The number of thiophene rings is 1. The van der Waals surface area contributed by atoms with E-state index in [1.165, 1.54) is 9.75 Å². The molecule has 0 atom stereocenters. The first kappa shape index (κ1) is 12.6. The van der Waals surface area contributed by atoms with Crippen LogP contribution in [0.15, 0.2) is 12.1 Å². The predicted octanol–water partition coefficient (Wildman–Crippen LogP) is 1.68. The van der Waals surface area contributed by atoms with Crippen LogP contribution in [0.1, 0.15) is 16.7 Å². The van der Waals surface area contributed by atoms with Gasteiger partial charge in [0.05, 0.1) is 6.61 Å². The summed E-state index contributed by atoms with van der Waals surface area (Å²) in [6.45, 7) is 6.23. The SMILES string of the molecule is CCOCCN(C)Cc1ccc(CN)s1. The molecule has 0 fully saturated rings. The number of nitrogens with zero attached hydrogens (tertiary/aromatic N) is 1. The second-order valence-corrected chi connectivity index (χ2v) is 4.76. The molecule has 1 aromatic rings. The third-order valence-electron chi connectivity index (χ3n) is 2.17. The van der Waals surface area contributed by atoms with Gasteiger partial charge in [0, 0.05) is 36.0 Å². The standard InChI is InChI=1S/C11H20N2OS/c1-3-14-7-6-13(2)9-11-5-4-10(8-12)15-11/h4-5H,3,6-9,12H2,1-2H3. The number of hydrogen-bond donors (Lipinski definition) is 1. The number of likely N-dealkylation sites (N-methyl/N-ethyl adjacent to an activating group) is 1. The first-order valence-electron chi connectivity index (χ1n) is 5.30. The summed E-state index contributed by atoms with van der Waals surface area (Å²) in [6.07, 6.45) is 0. The van der Waals surface area contributed by atoms with E-state index in [2.05, 4.69) is 24.1 Å². The maximum atomic E-state index is 5.57. The topological polar surface area (TPSA) is 38.5 Å². The zero-order valence-electron chi connectivity index (χ0n) is 9.53. The van der Waals surface area contributed by atoms with Gasteiger partial charge in [0.25, 0.3) is 0 Å². The third-order valence-corrected chi connectivity index (χ3v) is 3.26. The maximum absolute atomic E-state index is 5.57. The van der Waals surface area contributed by atoms with E-state index < -0.39 is 0 Å². The highest BCUT2D eigenvalue weighted by atomic mass is 32.1. The number of hydrogen-bond acceptors (Lipinski definition) is 4. The molecule has 3 nitrogen and oxygen atoms in total. The van der Waals surface area contributed by atoms with E-state index in [4.69, 9.17) is 10.5 Å². The molecular formula is C11H20N2OS. The van der Waals surface area contributed by atoms with Crippen LogP contribution in [-0.2, 0) is 17.8 Å². The second-order valence-electron chi connectivity index (χ2n) is 3.51. The Kier molecular flexibility index (Phi) is 5.86. The zero-order chi connectivity index (χ0) is 11.1. The second kappa shape index (κ2) is 6.95. The molecule has 0 saturated carbocycles. The van der Waals surface area contributed by atoms with E-state index in [1.54, 1.807) is 11.3 Å². The Morgan fingerprint density at radius 3 is 2.73 bits per heavy atom. The fourth-order valence-electron chi connectivity index (χ4n) is 1.33. The van der Waals surface area contributed by atoms with Crippen molar-refractivity contribution < 1.29 is 4.74 Å². The van der Waals surface area contributed by atoms with Crippen molar-refractivity contribution in [3.63, 3.8) is 0 Å². The average molecular weight is 228 g/mol. The van der Waals surface area contributed by atoms with Gasteiger partial charge in [-0.2, -0.15) is 0 Å². The van der Waals surface area contributed by atoms with E-state index in [1.807, 2.05) is 6.92 Å². The molecule has 0 spiro atoms. The van der Waals surface area contributed by atoms with Crippen LogP contribution < -0.4 is 5.73 Å². The van der Waals surface area contributed by atoms with Gasteiger partial charge < -0.3 is 10.5 Å². The fraction of sp³-hybridized carbons (Fsp3) is 0.636. The molecule has 0 bridgehead atoms. The van der Waals surface area contributed by atoms with Gasteiger partial charge in [-0.3, -0.25) is 4.90 Å². The Bertz CT molecular complexity index is 275. The summed E-state index contributed by atoms with van der Waals surface area (Å²) in [5, 5.41) is 0. The minimum atomic E-state index is 0.646. The maximum Gasteiger partial charge on any atom is 0.0593 e. The van der Waals surface area contributed by atoms with Crippen LogP contribution >= 0.6 is 11.3 Å². The molecule has 0 aliphatic carbocycles. The number of nitrogens with two attached hydrogens (primary N) is 1. The molecule has 0 saturated heterocycles. The van der Waals surface area contributed by atoms with Gasteiger partial charge in [0.1, 0.15) is 0 Å². The van der Waals surface area contributed by atoms with E-state index in [-0.39, 0.29) is 0 Å². The highest BCUT2D eigenvalue weighted by Gasteiger charge is 2.02. The van der Waals surface area contributed by atoms with E-state index >= 15 is 0 Å². The van der Waals surface area contributed by atoms with Crippen molar-refractivity contribution >= 4 is 11.3 Å². The zero-order valence-corrected chi connectivity index (χ0v) is 10.3. The highest BCUT2D eigenvalue weighted by molar-refractivity contribution is 7.11. The minimum Gasteiger partial charge on any atom is -0.380 e. The molecule has 1 rings (SSSR count). The first-order chi connectivity index (χ1) is 7.26. The van der Waals surface area contributed by atoms with E-state index in [9.17, 15) is 0 Å². The molecule has 0 radical (unpaired) electrons. The van der Waals surface area contributed by atoms with Crippen molar-refractivity contribution in [2.24, 2.45) is 5.73 Å². The molecule has 1 aromatic heterocycles. The van der Waals surface area contributed by atoms with Crippen molar-refractivity contribution in [3.8, 4) is 0 Å². The van der Waals surface area contributed by atoms with Crippen molar-refractivity contribution in [1.82, 2.24) is 4.90 Å². The molecule has 0 unspecified atom stereocenters. The molecule has 4 heteroatoms. The Balaban J connectivity index is 2.27. The Morgan fingerprint density at radius 2 is 2.13 bits per heavy atom. The Morgan fingerprint density at radius 1 is 1.40 bits per heavy atom. The molecule has 2 N–H and O–H groups in total. The van der Waals surface area contributed by atoms with Gasteiger partial charge in [-0.05, 0) is 26.1 Å². The summed E-state index contributed by atoms with van der Waals surface area (Å²) in [5.74, 6) is 0. The van der Waals surface area contributed by atoms with Crippen molar-refractivity contribution in [3.05, 3.63) is 21.9 Å². The monoisotopic (exact) mass is 228 g/mol. The normalized spacial score (nSPS) is 11.2. The molecule has 0 aliphatic heterocycles. The molecule has 1 heterocycles. The third kappa shape index (κ3) is 4.75. The van der Waals surface area contributed by atoms with Gasteiger partial charge in [-0.15, -0.1) is 11.3 Å². The van der Waals surface area contributed by atoms with Gasteiger partial charge in [-0.25, -0.2) is 0 Å². The molecule has 0 aliphatic rings. The van der Waals surface area contributed by atoms with E-state index in [0.29, 0.717) is 6.54 Å². The molecule has 15 heavy (non-hydrogen) atoms. The lowest BCUT2D eigenvalue weighted by molar-refractivity contribution is 0.120. The van der Waals surface area contributed by atoms with Crippen LogP contribution in [0, 0.1) is 0 Å². The molecule has 0 amide bonds. The van der Waals surface area contributed by atoms with Crippen LogP contribution in [0.4, 0.5) is 0 Å². The summed E-state index contributed by atoms with van der Waals surface area (Å²) in [4.78, 5) is 4.89. The van der Waals surface area contributed by atoms with Crippen LogP contribution in [0.5, 0.6) is 0 Å². The summed E-state index contributed by atoms with van der Waals surface area (Å²) in [6, 6.07) is 4.26. The van der Waals surface area contributed by atoms with Gasteiger partial charge in [-0.1, -0.05) is 0 Å². The van der Waals surface area contributed by atoms with Gasteiger partial charge in [0.15, 0.2) is 0 Å². The van der Waals surface area contributed by atoms with Crippen molar-refractivity contribution in [2.45, 2.75) is 20.0 Å². The lowest BCUT2D eigenvalue weighted by Gasteiger charge is -2.14. The quantitative estimate of drug-likeness (QED) is 0.722. The number of ether oxygens (including phenoxy) is 1. The Labute approximate surface area is 95.8 Å². The average Bonchev–Trinajstić information content (AvgIpc) is 2.66. The van der Waals surface area contributed by atoms with Crippen LogP contribution in [-0.4, -0.2) is 31.7 Å². The van der Waals surface area contributed by atoms with Gasteiger partial charge >= 0.3 is 0 Å². The van der Waals surface area contributed by atoms with Crippen molar-refractivity contribution in [2.75, 3.05) is 26.8 Å².